The summed E-state index contributed by atoms with van der Waals surface area (Å²) in [5.41, 5.74) is 9.86. The molecule has 0 fully saturated rings. The first-order chi connectivity index (χ1) is 7.75. The van der Waals surface area contributed by atoms with Crippen molar-refractivity contribution in [3.05, 3.63) is 41.3 Å². The maximum absolute atomic E-state index is 7.13. The van der Waals surface area contributed by atoms with E-state index in [-0.39, 0.29) is 5.96 Å². The summed E-state index contributed by atoms with van der Waals surface area (Å²) in [5, 5.41) is 13.1. The molecular formula is C9H11Cl3N4S. The van der Waals surface area contributed by atoms with Crippen LogP contribution in [0.4, 0.5) is 0 Å². The van der Waals surface area contributed by atoms with E-state index in [1.54, 1.807) is 12.1 Å². The predicted octanol–water partition coefficient (Wildman–Crippen LogP) is 1.19. The zero-order chi connectivity index (χ0) is 13.9. The fourth-order valence-electron chi connectivity index (χ4n) is 0.627. The molecular weight excluding hydrogens is 303 g/mol. The van der Waals surface area contributed by atoms with E-state index in [0.29, 0.717) is 5.56 Å². The molecule has 0 aliphatic carbocycles. The Morgan fingerprint density at radius 3 is 1.71 bits per heavy atom. The Morgan fingerprint density at radius 1 is 1.24 bits per heavy atom. The van der Waals surface area contributed by atoms with Crippen LogP contribution >= 0.6 is 47.0 Å². The molecule has 0 saturated carbocycles. The van der Waals surface area contributed by atoms with Gasteiger partial charge in [-0.05, 0) is 0 Å². The molecule has 17 heavy (non-hydrogen) atoms. The van der Waals surface area contributed by atoms with Crippen LogP contribution in [0, 0.1) is 0 Å². The van der Waals surface area contributed by atoms with E-state index in [1.165, 1.54) is 5.16 Å². The van der Waals surface area contributed by atoms with Crippen molar-refractivity contribution in [1.82, 2.24) is 0 Å². The van der Waals surface area contributed by atoms with Crippen LogP contribution in [0.1, 0.15) is 5.56 Å². The molecule has 1 rings (SSSR count). The van der Waals surface area contributed by atoms with Gasteiger partial charge in [-0.15, -0.1) is 0 Å². The number of isothiocyanates is 1. The molecule has 94 valence electrons. The van der Waals surface area contributed by atoms with Gasteiger partial charge in [-0.2, -0.15) is 5.16 Å². The second kappa shape index (κ2) is 10.3. The predicted molar refractivity (Wildman–Crippen MR) is 76.9 cm³/mol. The van der Waals surface area contributed by atoms with E-state index < -0.39 is 3.79 Å². The Morgan fingerprint density at radius 2 is 1.53 bits per heavy atom. The highest BCUT2D eigenvalue weighted by Gasteiger charge is 2.21. The second-order valence-electron chi connectivity index (χ2n) is 2.46. The SMILES string of the molecule is ClC(Cl)(Cl)c1ccccc1.NC(N)=[NH2+].[N-]=C=S. The summed E-state index contributed by atoms with van der Waals surface area (Å²) in [7, 11) is 0. The molecule has 0 radical (unpaired) electrons. The van der Waals surface area contributed by atoms with Gasteiger partial charge in [0.05, 0.1) is 0 Å². The first kappa shape index (κ1) is 18.5. The van der Waals surface area contributed by atoms with E-state index >= 15 is 0 Å². The van der Waals surface area contributed by atoms with Gasteiger partial charge in [0.15, 0.2) is 0 Å². The highest BCUT2D eigenvalue weighted by Crippen LogP contribution is 2.37. The normalized spacial score (nSPS) is 8.65. The van der Waals surface area contributed by atoms with Gasteiger partial charge in [0.1, 0.15) is 0 Å². The molecule has 0 unspecified atom stereocenters. The van der Waals surface area contributed by atoms with Gasteiger partial charge in [-0.1, -0.05) is 77.4 Å². The number of hydrogen-bond donors (Lipinski definition) is 3. The zero-order valence-corrected chi connectivity index (χ0v) is 11.7. The fourth-order valence-corrected chi connectivity index (χ4v) is 1.01. The Bertz CT molecular complexity index is 354. The number of halogens is 3. The van der Waals surface area contributed by atoms with Crippen molar-refractivity contribution in [1.29, 1.82) is 0 Å². The number of guanidine groups is 1. The quantitative estimate of drug-likeness (QED) is 0.290. The van der Waals surface area contributed by atoms with Crippen molar-refractivity contribution < 1.29 is 5.41 Å². The smallest absolute Gasteiger partial charge is 0.336 e. The zero-order valence-electron chi connectivity index (χ0n) is 8.61. The number of thiocarbonyl (C=S) groups is 1. The van der Waals surface area contributed by atoms with Crippen LogP contribution in [0.2, 0.25) is 0 Å². The van der Waals surface area contributed by atoms with Crippen LogP contribution in [0.25, 0.3) is 5.41 Å². The largest absolute Gasteiger partial charge is 0.753 e. The number of benzene rings is 1. The molecule has 6 N–H and O–H groups in total. The number of nitrogens with zero attached hydrogens (tertiary/aromatic N) is 1. The van der Waals surface area contributed by atoms with E-state index in [1.807, 2.05) is 18.2 Å². The number of alkyl halides is 3. The Labute approximate surface area is 120 Å². The van der Waals surface area contributed by atoms with E-state index in [2.05, 4.69) is 29.1 Å². The summed E-state index contributed by atoms with van der Waals surface area (Å²) in [6, 6.07) is 9.08. The van der Waals surface area contributed by atoms with Crippen molar-refractivity contribution in [2.45, 2.75) is 3.79 Å². The van der Waals surface area contributed by atoms with Gasteiger partial charge < -0.3 is 5.41 Å². The highest BCUT2D eigenvalue weighted by atomic mass is 35.6. The lowest BCUT2D eigenvalue weighted by Gasteiger charge is -2.09. The Kier molecular flexibility index (Phi) is 11.2. The standard InChI is InChI=1S/C7H5Cl3.CH5N3.CNS/c8-7(9,10)6-4-2-1-3-5-6;2-1(3)4;2-1-3/h1-5H;(H5,2,3,4);/q;;-1/p+1. The minimum Gasteiger partial charge on any atom is -0.753 e. The molecule has 1 aromatic rings. The molecule has 0 atom stereocenters. The van der Waals surface area contributed by atoms with Crippen molar-refractivity contribution >= 4 is 58.1 Å². The summed E-state index contributed by atoms with van der Waals surface area (Å²) in [5.74, 6) is -0.0833. The molecule has 0 saturated heterocycles. The maximum atomic E-state index is 7.13. The third kappa shape index (κ3) is 15.2. The summed E-state index contributed by atoms with van der Waals surface area (Å²) in [6.07, 6.45) is 0. The van der Waals surface area contributed by atoms with Crippen LogP contribution in [0.5, 0.6) is 0 Å². The average molecular weight is 314 g/mol. The van der Waals surface area contributed by atoms with Crippen LogP contribution in [0.3, 0.4) is 0 Å². The van der Waals surface area contributed by atoms with E-state index in [0.717, 1.165) is 0 Å². The summed E-state index contributed by atoms with van der Waals surface area (Å²) < 4.78 is -1.29. The second-order valence-corrected chi connectivity index (χ2v) is 4.92. The number of hydrogen-bond acceptors (Lipinski definition) is 1. The molecule has 1 aromatic carbocycles. The first-order valence-corrected chi connectivity index (χ1v) is 5.56. The molecule has 8 heteroatoms. The number of nitrogens with two attached hydrogens (primary N) is 3. The van der Waals surface area contributed by atoms with Crippen LogP contribution in [-0.4, -0.2) is 11.1 Å². The monoisotopic (exact) mass is 312 g/mol. The average Bonchev–Trinajstić information content (AvgIpc) is 2.18. The third-order valence-electron chi connectivity index (χ3n) is 1.10. The van der Waals surface area contributed by atoms with Gasteiger partial charge in [0.2, 0.25) is 3.79 Å². The van der Waals surface area contributed by atoms with Crippen LogP contribution in [0.15, 0.2) is 30.3 Å². The first-order valence-electron chi connectivity index (χ1n) is 4.02. The lowest BCUT2D eigenvalue weighted by Crippen LogP contribution is -2.51. The minimum absolute atomic E-state index is 0.0833. The van der Waals surface area contributed by atoms with Gasteiger partial charge in [-0.3, -0.25) is 16.9 Å². The van der Waals surface area contributed by atoms with Gasteiger partial charge in [0.25, 0.3) is 0 Å². The summed E-state index contributed by atoms with van der Waals surface area (Å²) >= 11 is 20.5. The fraction of sp³-hybridized carbons (Fsp3) is 0.111. The van der Waals surface area contributed by atoms with Crippen molar-refractivity contribution in [2.24, 2.45) is 11.5 Å². The topological polar surface area (TPSA) is 99.9 Å². The Hall–Kier alpha value is -0.840. The summed E-state index contributed by atoms with van der Waals surface area (Å²) in [6.45, 7) is 0. The molecule has 0 heterocycles. The van der Waals surface area contributed by atoms with E-state index in [4.69, 9.17) is 40.2 Å². The van der Waals surface area contributed by atoms with Gasteiger partial charge in [-0.25, -0.2) is 0 Å². The maximum Gasteiger partial charge on any atom is 0.336 e. The van der Waals surface area contributed by atoms with Crippen molar-refractivity contribution in [3.8, 4) is 0 Å². The molecule has 0 spiro atoms. The van der Waals surface area contributed by atoms with Crippen molar-refractivity contribution in [3.63, 3.8) is 0 Å². The highest BCUT2D eigenvalue weighted by molar-refractivity contribution is 7.78. The van der Waals surface area contributed by atoms with Gasteiger partial charge >= 0.3 is 5.96 Å². The van der Waals surface area contributed by atoms with Crippen molar-refractivity contribution in [2.75, 3.05) is 0 Å². The molecule has 0 aliphatic rings. The molecule has 0 aromatic heterocycles. The third-order valence-corrected chi connectivity index (χ3v) is 1.76. The van der Waals surface area contributed by atoms with Crippen LogP contribution < -0.4 is 16.9 Å². The lowest BCUT2D eigenvalue weighted by molar-refractivity contribution is -0.116. The molecule has 0 aliphatic heterocycles. The molecule has 0 amide bonds. The number of rotatable bonds is 0. The summed E-state index contributed by atoms with van der Waals surface area (Å²) in [4.78, 5) is 0. The molecule has 4 nitrogen and oxygen atoms in total. The Balaban J connectivity index is 0. The van der Waals surface area contributed by atoms with Crippen LogP contribution in [-0.2, 0) is 3.79 Å². The lowest BCUT2D eigenvalue weighted by atomic mass is 10.2. The van der Waals surface area contributed by atoms with E-state index in [9.17, 15) is 0 Å². The molecule has 0 bridgehead atoms. The minimum atomic E-state index is -1.29. The van der Waals surface area contributed by atoms with Gasteiger partial charge in [0, 0.05) is 5.56 Å².